The predicted octanol–water partition coefficient (Wildman–Crippen LogP) is 5.57. The van der Waals surface area contributed by atoms with Gasteiger partial charge in [0.25, 0.3) is 0 Å². The highest BCUT2D eigenvalue weighted by atomic mass is 32.1. The Labute approximate surface area is 218 Å². The topological polar surface area (TPSA) is 108 Å². The van der Waals surface area contributed by atoms with E-state index in [4.69, 9.17) is 20.3 Å². The van der Waals surface area contributed by atoms with Gasteiger partial charge in [0, 0.05) is 10.9 Å². The number of aliphatic carboxylic acids is 1. The first-order valence-corrected chi connectivity index (χ1v) is 12.6. The van der Waals surface area contributed by atoms with Gasteiger partial charge in [-0.15, -0.1) is 11.3 Å². The Bertz CT molecular complexity index is 1530. The highest BCUT2D eigenvalue weighted by Crippen LogP contribution is 2.37. The van der Waals surface area contributed by atoms with Crippen molar-refractivity contribution in [2.45, 2.75) is 19.1 Å². The van der Waals surface area contributed by atoms with Gasteiger partial charge in [-0.25, -0.2) is 9.97 Å². The Hall–Kier alpha value is -4.27. The molecule has 0 saturated carbocycles. The monoisotopic (exact) mass is 511 g/mol. The van der Waals surface area contributed by atoms with Crippen molar-refractivity contribution in [1.82, 2.24) is 9.97 Å². The van der Waals surface area contributed by atoms with E-state index < -0.39 is 12.0 Å². The first-order valence-electron chi connectivity index (χ1n) is 11.7. The summed E-state index contributed by atoms with van der Waals surface area (Å²) < 4.78 is 12.3. The molecule has 0 bridgehead atoms. The third kappa shape index (κ3) is 5.45. The molecule has 1 atom stereocenters. The summed E-state index contributed by atoms with van der Waals surface area (Å²) in [4.78, 5) is 19.9. The zero-order chi connectivity index (χ0) is 25.8. The van der Waals surface area contributed by atoms with Crippen molar-refractivity contribution >= 4 is 27.5 Å². The lowest BCUT2D eigenvalue weighted by Gasteiger charge is -2.09. The van der Waals surface area contributed by atoms with Crippen LogP contribution in [0.2, 0.25) is 0 Å². The number of rotatable bonds is 9. The van der Waals surface area contributed by atoms with Crippen molar-refractivity contribution < 1.29 is 19.4 Å². The standard InChI is InChI=1S/C29H25N3O4S/c1-35-23-4-2-3-22(14-23)20-9-7-19(8-10-20)15-36-28-27-26(31-17-32-28)24(16-37-27)21-11-5-18(6-12-21)13-25(30)29(33)34/h2-12,14,16-17,25H,13,15,30H2,1H3,(H,33,34). The molecule has 37 heavy (non-hydrogen) atoms. The fourth-order valence-electron chi connectivity index (χ4n) is 4.05. The van der Waals surface area contributed by atoms with Crippen LogP contribution in [0, 0.1) is 0 Å². The van der Waals surface area contributed by atoms with Crippen molar-refractivity contribution in [3.05, 3.63) is 95.6 Å². The van der Waals surface area contributed by atoms with Crippen molar-refractivity contribution in [3.63, 3.8) is 0 Å². The number of carboxylic acids is 1. The van der Waals surface area contributed by atoms with Crippen molar-refractivity contribution in [3.8, 4) is 33.9 Å². The third-order valence-corrected chi connectivity index (χ3v) is 7.05. The Kier molecular flexibility index (Phi) is 7.11. The summed E-state index contributed by atoms with van der Waals surface area (Å²) in [7, 11) is 1.66. The molecule has 5 aromatic rings. The number of carbonyl (C=O) groups is 1. The van der Waals surface area contributed by atoms with Crippen LogP contribution in [0.25, 0.3) is 32.5 Å². The molecular formula is C29H25N3O4S. The van der Waals surface area contributed by atoms with Gasteiger partial charge in [-0.05, 0) is 46.4 Å². The number of carboxylic acid groups (broad SMARTS) is 1. The molecule has 5 rings (SSSR count). The van der Waals surface area contributed by atoms with E-state index in [1.54, 1.807) is 7.11 Å². The minimum Gasteiger partial charge on any atom is -0.497 e. The van der Waals surface area contributed by atoms with Gasteiger partial charge in [-0.2, -0.15) is 0 Å². The molecule has 2 aromatic heterocycles. The van der Waals surface area contributed by atoms with Crippen LogP contribution in [0.5, 0.6) is 11.6 Å². The second kappa shape index (κ2) is 10.8. The molecule has 7 nitrogen and oxygen atoms in total. The largest absolute Gasteiger partial charge is 0.497 e. The van der Waals surface area contributed by atoms with Crippen molar-refractivity contribution in [2.75, 3.05) is 7.11 Å². The molecule has 0 aliphatic rings. The molecule has 2 heterocycles. The molecule has 0 fully saturated rings. The van der Waals surface area contributed by atoms with Gasteiger partial charge in [0.2, 0.25) is 5.88 Å². The van der Waals surface area contributed by atoms with Crippen LogP contribution >= 0.6 is 11.3 Å². The second-order valence-electron chi connectivity index (χ2n) is 8.57. The number of methoxy groups -OCH3 is 1. The zero-order valence-corrected chi connectivity index (χ0v) is 20.9. The van der Waals surface area contributed by atoms with E-state index in [-0.39, 0.29) is 6.42 Å². The number of benzene rings is 3. The first kappa shape index (κ1) is 24.4. The normalized spacial score (nSPS) is 11.8. The minimum absolute atomic E-state index is 0.278. The van der Waals surface area contributed by atoms with Crippen LogP contribution in [-0.2, 0) is 17.8 Å². The summed E-state index contributed by atoms with van der Waals surface area (Å²) in [5.41, 5.74) is 12.5. The summed E-state index contributed by atoms with van der Waals surface area (Å²) in [5, 5.41) is 11.1. The maximum absolute atomic E-state index is 11.0. The first-order chi connectivity index (χ1) is 18.0. The summed E-state index contributed by atoms with van der Waals surface area (Å²) in [5.74, 6) is 0.360. The van der Waals surface area contributed by atoms with E-state index in [1.807, 2.05) is 60.0 Å². The average molecular weight is 512 g/mol. The van der Waals surface area contributed by atoms with Gasteiger partial charge in [0.05, 0.1) is 12.6 Å². The number of fused-ring (bicyclic) bond motifs is 1. The molecule has 3 N–H and O–H groups in total. The fraction of sp³-hybridized carbons (Fsp3) is 0.138. The fourth-order valence-corrected chi connectivity index (χ4v) is 5.02. The summed E-state index contributed by atoms with van der Waals surface area (Å²) in [6, 6.07) is 23.0. The highest BCUT2D eigenvalue weighted by molar-refractivity contribution is 7.18. The number of nitrogens with two attached hydrogens (primary N) is 1. The van der Waals surface area contributed by atoms with Crippen LogP contribution in [-0.4, -0.2) is 34.2 Å². The van der Waals surface area contributed by atoms with E-state index >= 15 is 0 Å². The van der Waals surface area contributed by atoms with E-state index in [2.05, 4.69) is 28.2 Å². The molecule has 0 spiro atoms. The second-order valence-corrected chi connectivity index (χ2v) is 9.45. The number of ether oxygens (including phenoxy) is 2. The Morgan fingerprint density at radius 1 is 0.973 bits per heavy atom. The lowest BCUT2D eigenvalue weighted by Crippen LogP contribution is -2.32. The smallest absolute Gasteiger partial charge is 0.320 e. The summed E-state index contributed by atoms with van der Waals surface area (Å²) in [6.07, 6.45) is 1.79. The van der Waals surface area contributed by atoms with E-state index in [1.165, 1.54) is 17.7 Å². The van der Waals surface area contributed by atoms with Gasteiger partial charge in [-0.3, -0.25) is 4.79 Å². The quantitative estimate of drug-likeness (QED) is 0.266. The lowest BCUT2D eigenvalue weighted by molar-refractivity contribution is -0.138. The van der Waals surface area contributed by atoms with E-state index in [0.717, 1.165) is 49.3 Å². The van der Waals surface area contributed by atoms with Crippen molar-refractivity contribution in [2.24, 2.45) is 5.73 Å². The van der Waals surface area contributed by atoms with Gasteiger partial charge in [-0.1, -0.05) is 60.7 Å². The molecule has 0 saturated heterocycles. The Morgan fingerprint density at radius 2 is 1.70 bits per heavy atom. The SMILES string of the molecule is COc1cccc(-c2ccc(COc3ncnc4c(-c5ccc(CC(N)C(=O)O)cc5)csc34)cc2)c1. The summed E-state index contributed by atoms with van der Waals surface area (Å²) >= 11 is 1.53. The Balaban J connectivity index is 1.30. The maximum Gasteiger partial charge on any atom is 0.320 e. The molecule has 0 radical (unpaired) electrons. The lowest BCUT2D eigenvalue weighted by atomic mass is 10.0. The van der Waals surface area contributed by atoms with Crippen LogP contribution in [0.15, 0.2) is 84.5 Å². The van der Waals surface area contributed by atoms with Gasteiger partial charge in [0.15, 0.2) is 0 Å². The van der Waals surface area contributed by atoms with E-state index in [9.17, 15) is 4.79 Å². The molecule has 1 unspecified atom stereocenters. The van der Waals surface area contributed by atoms with Crippen LogP contribution in [0.3, 0.4) is 0 Å². The number of thiophene rings is 1. The number of aromatic nitrogens is 2. The highest BCUT2D eigenvalue weighted by Gasteiger charge is 2.15. The van der Waals surface area contributed by atoms with Gasteiger partial charge >= 0.3 is 5.97 Å². The van der Waals surface area contributed by atoms with Crippen LogP contribution in [0.1, 0.15) is 11.1 Å². The Morgan fingerprint density at radius 3 is 2.43 bits per heavy atom. The van der Waals surface area contributed by atoms with Gasteiger partial charge < -0.3 is 20.3 Å². The third-order valence-electron chi connectivity index (χ3n) is 6.09. The van der Waals surface area contributed by atoms with Crippen LogP contribution in [0.4, 0.5) is 0 Å². The van der Waals surface area contributed by atoms with Crippen LogP contribution < -0.4 is 15.2 Å². The molecule has 186 valence electrons. The maximum atomic E-state index is 11.0. The molecule has 0 aliphatic heterocycles. The number of hydrogen-bond acceptors (Lipinski definition) is 7. The number of nitrogens with zero attached hydrogens (tertiary/aromatic N) is 2. The molecular weight excluding hydrogens is 486 g/mol. The number of hydrogen-bond donors (Lipinski definition) is 2. The van der Waals surface area contributed by atoms with E-state index in [0.29, 0.717) is 12.5 Å². The molecule has 8 heteroatoms. The average Bonchev–Trinajstić information content (AvgIpc) is 3.37. The minimum atomic E-state index is -1.01. The molecule has 3 aromatic carbocycles. The summed E-state index contributed by atoms with van der Waals surface area (Å²) in [6.45, 7) is 0.385. The molecule has 0 aliphatic carbocycles. The predicted molar refractivity (Wildman–Crippen MR) is 145 cm³/mol. The zero-order valence-electron chi connectivity index (χ0n) is 20.1. The van der Waals surface area contributed by atoms with Crippen molar-refractivity contribution in [1.29, 1.82) is 0 Å². The van der Waals surface area contributed by atoms with Gasteiger partial charge in [0.1, 0.15) is 29.4 Å². The molecule has 0 amide bonds.